The van der Waals surface area contributed by atoms with Gasteiger partial charge in [-0.1, -0.05) is 36.4 Å². The van der Waals surface area contributed by atoms with Gasteiger partial charge in [-0.3, -0.25) is 9.78 Å². The van der Waals surface area contributed by atoms with Crippen LogP contribution in [-0.4, -0.2) is 28.9 Å². The molecular formula is C26H27FN2O2. The number of benzene rings is 2. The molecule has 0 atom stereocenters. The Morgan fingerprint density at radius 3 is 2.39 bits per heavy atom. The number of hydrogen-bond acceptors (Lipinski definition) is 3. The Morgan fingerprint density at radius 2 is 1.68 bits per heavy atom. The summed E-state index contributed by atoms with van der Waals surface area (Å²) in [4.78, 5) is 18.4. The predicted molar refractivity (Wildman–Crippen MR) is 118 cm³/mol. The van der Waals surface area contributed by atoms with E-state index in [9.17, 15) is 9.18 Å². The molecule has 1 aromatic heterocycles. The van der Waals surface area contributed by atoms with E-state index in [-0.39, 0.29) is 18.1 Å². The lowest BCUT2D eigenvalue weighted by molar-refractivity contribution is -0.131. The number of piperidine rings is 1. The van der Waals surface area contributed by atoms with Gasteiger partial charge in [-0.05, 0) is 66.1 Å². The molecule has 1 saturated heterocycles. The highest BCUT2D eigenvalue weighted by molar-refractivity contribution is 5.78. The average Bonchev–Trinajstić information content (AvgIpc) is 2.80. The van der Waals surface area contributed by atoms with Crippen molar-refractivity contribution in [2.75, 3.05) is 13.1 Å². The molecule has 4 rings (SSSR count). The van der Waals surface area contributed by atoms with Crippen LogP contribution in [0.1, 0.15) is 29.5 Å². The fourth-order valence-corrected chi connectivity index (χ4v) is 4.03. The van der Waals surface area contributed by atoms with Gasteiger partial charge >= 0.3 is 0 Å². The van der Waals surface area contributed by atoms with Crippen molar-refractivity contribution in [1.82, 2.24) is 9.88 Å². The van der Waals surface area contributed by atoms with Crippen LogP contribution in [0.3, 0.4) is 0 Å². The average molecular weight is 419 g/mol. The first-order valence-corrected chi connectivity index (χ1v) is 10.8. The molecular weight excluding hydrogens is 391 g/mol. The highest BCUT2D eigenvalue weighted by atomic mass is 19.1. The Bertz CT molecular complexity index is 984. The zero-order chi connectivity index (χ0) is 21.5. The van der Waals surface area contributed by atoms with Crippen LogP contribution < -0.4 is 4.74 Å². The lowest BCUT2D eigenvalue weighted by Crippen LogP contribution is -2.39. The van der Waals surface area contributed by atoms with Crippen LogP contribution in [0.4, 0.5) is 4.39 Å². The molecule has 1 aliphatic heterocycles. The Labute approximate surface area is 182 Å². The third-order valence-electron chi connectivity index (χ3n) is 5.81. The van der Waals surface area contributed by atoms with E-state index in [2.05, 4.69) is 29.2 Å². The van der Waals surface area contributed by atoms with E-state index in [1.807, 2.05) is 17.0 Å². The quantitative estimate of drug-likeness (QED) is 0.552. The molecule has 2 heterocycles. The maximum absolute atomic E-state index is 13.3. The summed E-state index contributed by atoms with van der Waals surface area (Å²) in [6.45, 7) is 2.09. The molecule has 1 fully saturated rings. The number of likely N-dealkylation sites (tertiary alicyclic amines) is 1. The second-order valence-electron chi connectivity index (χ2n) is 8.12. The van der Waals surface area contributed by atoms with Crippen molar-refractivity contribution in [3.05, 3.63) is 95.6 Å². The van der Waals surface area contributed by atoms with Crippen LogP contribution in [0.5, 0.6) is 5.75 Å². The number of hydrogen-bond donors (Lipinski definition) is 0. The second-order valence-corrected chi connectivity index (χ2v) is 8.12. The smallest absolute Gasteiger partial charge is 0.226 e. The van der Waals surface area contributed by atoms with Crippen LogP contribution in [0.25, 0.3) is 0 Å². The minimum Gasteiger partial charge on any atom is -0.489 e. The number of carbonyl (C=O) groups excluding carboxylic acids is 1. The Morgan fingerprint density at radius 1 is 0.968 bits per heavy atom. The molecule has 160 valence electrons. The summed E-state index contributed by atoms with van der Waals surface area (Å²) in [5, 5.41) is 0. The molecule has 4 nitrogen and oxygen atoms in total. The maximum Gasteiger partial charge on any atom is 0.226 e. The summed E-state index contributed by atoms with van der Waals surface area (Å²) < 4.78 is 19.1. The number of nitrogens with zero attached hydrogens (tertiary/aromatic N) is 2. The largest absolute Gasteiger partial charge is 0.489 e. The van der Waals surface area contributed by atoms with Crippen molar-refractivity contribution in [2.45, 2.75) is 32.3 Å². The number of ether oxygens (including phenoxy) is 1. The Balaban J connectivity index is 1.22. The SMILES string of the molecule is O=C(Cc1cccc(F)c1)N1CCC(Cc2ccc(COc3ccncc3)cc2)CC1. The van der Waals surface area contributed by atoms with Gasteiger partial charge in [0.2, 0.25) is 5.91 Å². The lowest BCUT2D eigenvalue weighted by atomic mass is 9.89. The molecule has 0 aliphatic carbocycles. The minimum atomic E-state index is -0.293. The van der Waals surface area contributed by atoms with Gasteiger partial charge in [-0.15, -0.1) is 0 Å². The molecule has 31 heavy (non-hydrogen) atoms. The number of halogens is 1. The number of aromatic nitrogens is 1. The van der Waals surface area contributed by atoms with Crippen LogP contribution in [0.15, 0.2) is 73.1 Å². The van der Waals surface area contributed by atoms with Gasteiger partial charge in [0, 0.05) is 25.5 Å². The minimum absolute atomic E-state index is 0.0857. The molecule has 0 bridgehead atoms. The molecule has 5 heteroatoms. The monoisotopic (exact) mass is 418 g/mol. The normalized spacial score (nSPS) is 14.4. The molecule has 1 amide bonds. The van der Waals surface area contributed by atoms with Gasteiger partial charge in [-0.2, -0.15) is 0 Å². The van der Waals surface area contributed by atoms with Crippen molar-refractivity contribution in [3.63, 3.8) is 0 Å². The highest BCUT2D eigenvalue weighted by Crippen LogP contribution is 2.23. The zero-order valence-electron chi connectivity index (χ0n) is 17.5. The van der Waals surface area contributed by atoms with E-state index in [4.69, 9.17) is 4.74 Å². The van der Waals surface area contributed by atoms with E-state index < -0.39 is 0 Å². The number of rotatable bonds is 7. The van der Waals surface area contributed by atoms with Gasteiger partial charge in [0.1, 0.15) is 18.2 Å². The standard InChI is InChI=1S/C26H27FN2O2/c27-24-3-1-2-23(17-24)18-26(30)29-14-10-21(11-15-29)16-20-4-6-22(7-5-20)19-31-25-8-12-28-13-9-25/h1-9,12-13,17,21H,10-11,14-16,18-19H2. The first-order valence-electron chi connectivity index (χ1n) is 10.8. The third-order valence-corrected chi connectivity index (χ3v) is 5.81. The molecule has 2 aromatic carbocycles. The van der Waals surface area contributed by atoms with E-state index >= 15 is 0 Å². The summed E-state index contributed by atoms with van der Waals surface area (Å²) in [5.74, 6) is 1.19. The van der Waals surface area contributed by atoms with Crippen LogP contribution >= 0.6 is 0 Å². The maximum atomic E-state index is 13.3. The van der Waals surface area contributed by atoms with Gasteiger partial charge < -0.3 is 9.64 Å². The molecule has 3 aromatic rings. The van der Waals surface area contributed by atoms with Gasteiger partial charge in [0.15, 0.2) is 0 Å². The summed E-state index contributed by atoms with van der Waals surface area (Å²) >= 11 is 0. The number of amides is 1. The van der Waals surface area contributed by atoms with Gasteiger partial charge in [0.05, 0.1) is 6.42 Å². The molecule has 0 saturated carbocycles. The van der Waals surface area contributed by atoms with E-state index in [0.717, 1.165) is 49.2 Å². The molecule has 0 unspecified atom stereocenters. The van der Waals surface area contributed by atoms with Gasteiger partial charge in [0.25, 0.3) is 0 Å². The van der Waals surface area contributed by atoms with Crippen molar-refractivity contribution >= 4 is 5.91 Å². The van der Waals surface area contributed by atoms with Gasteiger partial charge in [-0.25, -0.2) is 4.39 Å². The number of carbonyl (C=O) groups is 1. The predicted octanol–water partition coefficient (Wildman–Crippen LogP) is 4.82. The summed E-state index contributed by atoms with van der Waals surface area (Å²) in [7, 11) is 0. The highest BCUT2D eigenvalue weighted by Gasteiger charge is 2.23. The Kier molecular flexibility index (Phi) is 6.92. The fraction of sp³-hybridized carbons (Fsp3) is 0.308. The van der Waals surface area contributed by atoms with Crippen LogP contribution in [0.2, 0.25) is 0 Å². The summed E-state index contributed by atoms with van der Waals surface area (Å²) in [6.07, 6.45) is 6.74. The summed E-state index contributed by atoms with van der Waals surface area (Å²) in [5.41, 5.74) is 3.19. The Hall–Kier alpha value is -3.21. The van der Waals surface area contributed by atoms with Crippen molar-refractivity contribution in [1.29, 1.82) is 0 Å². The molecule has 1 aliphatic rings. The second kappa shape index (κ2) is 10.2. The first kappa shape index (κ1) is 21.0. The first-order chi connectivity index (χ1) is 15.2. The van der Waals surface area contributed by atoms with Crippen molar-refractivity contribution in [3.8, 4) is 5.75 Å². The van der Waals surface area contributed by atoms with E-state index in [1.165, 1.54) is 17.7 Å². The third kappa shape index (κ3) is 6.14. The van der Waals surface area contributed by atoms with Crippen LogP contribution in [-0.2, 0) is 24.2 Å². The molecule has 0 N–H and O–H groups in total. The summed E-state index contributed by atoms with van der Waals surface area (Å²) in [6, 6.07) is 18.6. The zero-order valence-corrected chi connectivity index (χ0v) is 17.5. The van der Waals surface area contributed by atoms with Crippen molar-refractivity contribution < 1.29 is 13.9 Å². The fourth-order valence-electron chi connectivity index (χ4n) is 4.03. The van der Waals surface area contributed by atoms with E-state index in [1.54, 1.807) is 24.5 Å². The topological polar surface area (TPSA) is 42.4 Å². The molecule has 0 spiro atoms. The van der Waals surface area contributed by atoms with Crippen LogP contribution in [0, 0.1) is 11.7 Å². The number of pyridine rings is 1. The van der Waals surface area contributed by atoms with E-state index in [0.29, 0.717) is 12.5 Å². The molecule has 0 radical (unpaired) electrons. The van der Waals surface area contributed by atoms with Crippen molar-refractivity contribution in [2.24, 2.45) is 5.92 Å². The lowest BCUT2D eigenvalue weighted by Gasteiger charge is -2.32.